The van der Waals surface area contributed by atoms with Gasteiger partial charge in [-0.1, -0.05) is 0 Å². The van der Waals surface area contributed by atoms with Crippen LogP contribution in [-0.4, -0.2) is 17.2 Å². The van der Waals surface area contributed by atoms with E-state index in [9.17, 15) is 9.59 Å². The smallest absolute Gasteiger partial charge is 0.449 e. The van der Waals surface area contributed by atoms with E-state index in [4.69, 9.17) is 5.11 Å². The van der Waals surface area contributed by atoms with Gasteiger partial charge in [0, 0.05) is 24.0 Å². The minimum Gasteiger partial charge on any atom is -0.449 e. The van der Waals surface area contributed by atoms with Crippen LogP contribution in [0.15, 0.2) is 0 Å². The van der Waals surface area contributed by atoms with E-state index in [1.54, 1.807) is 0 Å². The van der Waals surface area contributed by atoms with E-state index in [-0.39, 0.29) is 23.2 Å². The number of esters is 1. The second kappa shape index (κ2) is 7.42. The SMILES string of the molecule is CC(=O)OC(=O)O.N.[Cu]. The molecule has 0 aromatic heterocycles. The summed E-state index contributed by atoms with van der Waals surface area (Å²) in [4.78, 5) is 19.0. The van der Waals surface area contributed by atoms with Gasteiger partial charge in [0.2, 0.25) is 0 Å². The molecule has 0 aromatic carbocycles. The Labute approximate surface area is 62.4 Å². The number of carbonyl (C=O) groups excluding carboxylic acids is 1. The largest absolute Gasteiger partial charge is 0.513 e. The van der Waals surface area contributed by atoms with Crippen LogP contribution in [0.25, 0.3) is 0 Å². The van der Waals surface area contributed by atoms with Crippen molar-refractivity contribution in [1.82, 2.24) is 6.15 Å². The molecule has 0 saturated heterocycles. The summed E-state index contributed by atoms with van der Waals surface area (Å²) in [5.41, 5.74) is 0. The van der Waals surface area contributed by atoms with Crippen LogP contribution in [0.1, 0.15) is 6.92 Å². The number of hydrogen-bond acceptors (Lipinski definition) is 4. The molecule has 0 bridgehead atoms. The van der Waals surface area contributed by atoms with Crippen LogP contribution in [0.4, 0.5) is 4.79 Å². The van der Waals surface area contributed by atoms with Crippen molar-refractivity contribution >= 4 is 12.1 Å². The standard InChI is InChI=1S/C3H4O4.Cu.H3N/c1-2(4)7-3(5)6;;/h1H3,(H,5,6);;1H3. The summed E-state index contributed by atoms with van der Waals surface area (Å²) in [5, 5.41) is 7.64. The van der Waals surface area contributed by atoms with Gasteiger partial charge in [-0.2, -0.15) is 0 Å². The number of carbonyl (C=O) groups is 2. The molecule has 0 aliphatic rings. The molecule has 0 aliphatic carbocycles. The molecule has 0 aromatic rings. The number of ether oxygens (including phenoxy) is 1. The Morgan fingerprint density at radius 1 is 1.44 bits per heavy atom. The Balaban J connectivity index is -0.000000180. The second-order valence-corrected chi connectivity index (χ2v) is 0.860. The monoisotopic (exact) mass is 184 g/mol. The summed E-state index contributed by atoms with van der Waals surface area (Å²) < 4.78 is 3.53. The van der Waals surface area contributed by atoms with E-state index < -0.39 is 12.1 Å². The van der Waals surface area contributed by atoms with Crippen LogP contribution in [0, 0.1) is 0 Å². The molecule has 9 heavy (non-hydrogen) atoms. The summed E-state index contributed by atoms with van der Waals surface area (Å²) in [7, 11) is 0. The Morgan fingerprint density at radius 2 is 1.78 bits per heavy atom. The molecule has 0 fully saturated rings. The molecule has 0 unspecified atom stereocenters. The summed E-state index contributed by atoms with van der Waals surface area (Å²) in [5.74, 6) is -0.812. The first-order chi connectivity index (χ1) is 3.13. The normalized spacial score (nSPS) is 5.89. The molecule has 0 spiro atoms. The fraction of sp³-hybridized carbons (Fsp3) is 0.333. The molecule has 6 heteroatoms. The van der Waals surface area contributed by atoms with Crippen molar-refractivity contribution in [3.63, 3.8) is 0 Å². The third-order valence-electron chi connectivity index (χ3n) is 0.231. The molecular formula is C3H7CuNO4. The molecular weight excluding hydrogens is 178 g/mol. The van der Waals surface area contributed by atoms with Crippen LogP contribution < -0.4 is 6.15 Å². The van der Waals surface area contributed by atoms with Gasteiger partial charge in [-0.3, -0.25) is 4.79 Å². The van der Waals surface area contributed by atoms with E-state index in [0.717, 1.165) is 6.92 Å². The third-order valence-corrected chi connectivity index (χ3v) is 0.231. The van der Waals surface area contributed by atoms with E-state index >= 15 is 0 Å². The summed E-state index contributed by atoms with van der Waals surface area (Å²) >= 11 is 0. The maximum Gasteiger partial charge on any atom is 0.513 e. The summed E-state index contributed by atoms with van der Waals surface area (Å²) in [6.45, 7) is 1.02. The predicted octanol–water partition coefficient (Wildman–Crippen LogP) is 0.387. The van der Waals surface area contributed by atoms with Gasteiger partial charge >= 0.3 is 12.1 Å². The first-order valence-electron chi connectivity index (χ1n) is 1.54. The Kier molecular flexibility index (Phi) is 13.0. The first-order valence-corrected chi connectivity index (χ1v) is 1.54. The van der Waals surface area contributed by atoms with Crippen molar-refractivity contribution < 1.29 is 36.5 Å². The molecule has 0 amide bonds. The van der Waals surface area contributed by atoms with Crippen molar-refractivity contribution in [2.24, 2.45) is 0 Å². The summed E-state index contributed by atoms with van der Waals surface area (Å²) in [6.07, 6.45) is -1.56. The Morgan fingerprint density at radius 3 is 1.78 bits per heavy atom. The van der Waals surface area contributed by atoms with Crippen molar-refractivity contribution in [3.05, 3.63) is 0 Å². The van der Waals surface area contributed by atoms with Gasteiger partial charge in [-0.25, -0.2) is 4.79 Å². The molecule has 59 valence electrons. The predicted molar refractivity (Wildman–Crippen MR) is 24.8 cm³/mol. The summed E-state index contributed by atoms with van der Waals surface area (Å²) in [6, 6.07) is 0. The zero-order valence-electron chi connectivity index (χ0n) is 4.68. The van der Waals surface area contributed by atoms with E-state index in [2.05, 4.69) is 4.74 Å². The molecule has 4 N–H and O–H groups in total. The molecule has 0 atom stereocenters. The van der Waals surface area contributed by atoms with Gasteiger partial charge < -0.3 is 16.0 Å². The van der Waals surface area contributed by atoms with Crippen molar-refractivity contribution in [3.8, 4) is 0 Å². The third kappa shape index (κ3) is 18.6. The second-order valence-electron chi connectivity index (χ2n) is 0.860. The van der Waals surface area contributed by atoms with E-state index in [1.807, 2.05) is 0 Å². The maximum absolute atomic E-state index is 9.65. The first kappa shape index (κ1) is 15.8. The van der Waals surface area contributed by atoms with Crippen LogP contribution in [-0.2, 0) is 26.6 Å². The number of carboxylic acid groups (broad SMARTS) is 1. The van der Waals surface area contributed by atoms with Gasteiger partial charge in [-0.05, 0) is 0 Å². The van der Waals surface area contributed by atoms with Gasteiger partial charge in [0.05, 0.1) is 0 Å². The topological polar surface area (TPSA) is 98.6 Å². The molecule has 1 radical (unpaired) electrons. The average molecular weight is 185 g/mol. The van der Waals surface area contributed by atoms with Gasteiger partial charge in [-0.15, -0.1) is 0 Å². The number of hydrogen-bond donors (Lipinski definition) is 2. The van der Waals surface area contributed by atoms with Crippen LogP contribution in [0.3, 0.4) is 0 Å². The molecule has 0 heterocycles. The van der Waals surface area contributed by atoms with Crippen LogP contribution >= 0.6 is 0 Å². The Hall–Kier alpha value is -0.581. The minimum atomic E-state index is -1.56. The average Bonchev–Trinajstić information content (AvgIpc) is 1.27. The van der Waals surface area contributed by atoms with E-state index in [1.165, 1.54) is 0 Å². The molecule has 5 nitrogen and oxygen atoms in total. The minimum absolute atomic E-state index is 0. The van der Waals surface area contributed by atoms with Crippen LogP contribution in [0.5, 0.6) is 0 Å². The fourth-order valence-corrected chi connectivity index (χ4v) is 0.123. The van der Waals surface area contributed by atoms with Gasteiger partial charge in [0.15, 0.2) is 0 Å². The van der Waals surface area contributed by atoms with Crippen LogP contribution in [0.2, 0.25) is 0 Å². The molecule has 0 saturated carbocycles. The maximum atomic E-state index is 9.65. The van der Waals surface area contributed by atoms with Crippen molar-refractivity contribution in [1.29, 1.82) is 0 Å². The van der Waals surface area contributed by atoms with Gasteiger partial charge in [0.1, 0.15) is 0 Å². The van der Waals surface area contributed by atoms with E-state index in [0.29, 0.717) is 0 Å². The van der Waals surface area contributed by atoms with Crippen molar-refractivity contribution in [2.75, 3.05) is 0 Å². The fourth-order valence-electron chi connectivity index (χ4n) is 0.123. The number of rotatable bonds is 0. The molecule has 0 rings (SSSR count). The zero-order valence-corrected chi connectivity index (χ0v) is 5.62. The van der Waals surface area contributed by atoms with Crippen molar-refractivity contribution in [2.45, 2.75) is 6.92 Å². The Bertz CT molecular complexity index is 92.0. The molecule has 0 aliphatic heterocycles. The quantitative estimate of drug-likeness (QED) is 0.322. The zero-order chi connectivity index (χ0) is 5.86. The van der Waals surface area contributed by atoms with Gasteiger partial charge in [0.25, 0.3) is 0 Å².